The Balaban J connectivity index is 2.80. The molecule has 0 aliphatic carbocycles. The van der Waals surface area contributed by atoms with Crippen molar-refractivity contribution in [1.82, 2.24) is 0 Å². The lowest BCUT2D eigenvalue weighted by molar-refractivity contribution is 0.474. The summed E-state index contributed by atoms with van der Waals surface area (Å²) in [6.07, 6.45) is 0.862. The van der Waals surface area contributed by atoms with Crippen LogP contribution in [0.15, 0.2) is 24.3 Å². The van der Waals surface area contributed by atoms with Crippen molar-refractivity contribution < 1.29 is 5.11 Å². The summed E-state index contributed by atoms with van der Waals surface area (Å²) in [4.78, 5) is 0. The molecule has 1 atom stereocenters. The zero-order chi connectivity index (χ0) is 10.6. The highest BCUT2D eigenvalue weighted by Gasteiger charge is 2.11. The van der Waals surface area contributed by atoms with Gasteiger partial charge in [-0.15, -0.1) is 0 Å². The molecule has 0 aliphatic rings. The summed E-state index contributed by atoms with van der Waals surface area (Å²) in [5.41, 5.74) is 0.985. The van der Waals surface area contributed by atoms with Crippen LogP contribution >= 0.6 is 0 Å². The normalized spacial score (nSPS) is 12.4. The first-order chi connectivity index (χ1) is 6.63. The van der Waals surface area contributed by atoms with E-state index < -0.39 is 0 Å². The number of benzene rings is 1. The van der Waals surface area contributed by atoms with Crippen LogP contribution in [-0.4, -0.2) is 5.11 Å². The summed E-state index contributed by atoms with van der Waals surface area (Å²) in [6.45, 7) is 4.20. The lowest BCUT2D eigenvalue weighted by Gasteiger charge is -2.11. The first kappa shape index (κ1) is 10.6. The predicted octanol–water partition coefficient (Wildman–Crippen LogP) is 3.05. The Labute approximate surface area is 84.8 Å². The van der Waals surface area contributed by atoms with Gasteiger partial charge in [0.05, 0.1) is 12.0 Å². The zero-order valence-corrected chi connectivity index (χ0v) is 8.57. The molecule has 0 saturated carbocycles. The van der Waals surface area contributed by atoms with E-state index in [0.717, 1.165) is 12.0 Å². The van der Waals surface area contributed by atoms with Crippen molar-refractivity contribution >= 4 is 0 Å². The molecule has 0 radical (unpaired) electrons. The molecule has 74 valence electrons. The Morgan fingerprint density at radius 3 is 2.29 bits per heavy atom. The Hall–Kier alpha value is -1.49. The van der Waals surface area contributed by atoms with Crippen LogP contribution in [0.25, 0.3) is 0 Å². The fourth-order valence-corrected chi connectivity index (χ4v) is 1.44. The Morgan fingerprint density at radius 1 is 1.29 bits per heavy atom. The molecule has 2 heteroatoms. The third-order valence-electron chi connectivity index (χ3n) is 2.16. The molecule has 0 aromatic heterocycles. The Bertz CT molecular complexity index is 321. The van der Waals surface area contributed by atoms with Gasteiger partial charge in [0, 0.05) is 0 Å². The third kappa shape index (κ3) is 2.77. The van der Waals surface area contributed by atoms with Crippen LogP contribution in [0.5, 0.6) is 5.75 Å². The number of hydrogen-bond acceptors (Lipinski definition) is 2. The van der Waals surface area contributed by atoms with Crippen LogP contribution < -0.4 is 0 Å². The minimum atomic E-state index is -0.0596. The van der Waals surface area contributed by atoms with Crippen LogP contribution in [0.2, 0.25) is 0 Å². The van der Waals surface area contributed by atoms with E-state index in [2.05, 4.69) is 19.9 Å². The molecule has 1 unspecified atom stereocenters. The number of phenolic OH excluding ortho intramolecular Hbond substituents is 1. The fraction of sp³-hybridized carbons (Fsp3) is 0.417. The van der Waals surface area contributed by atoms with Crippen LogP contribution in [0.4, 0.5) is 0 Å². The van der Waals surface area contributed by atoms with Gasteiger partial charge in [-0.2, -0.15) is 5.26 Å². The number of nitrogens with zero attached hydrogens (tertiary/aromatic N) is 1. The van der Waals surface area contributed by atoms with Crippen molar-refractivity contribution in [3.8, 4) is 11.8 Å². The number of phenols is 1. The second-order valence-corrected chi connectivity index (χ2v) is 3.90. The zero-order valence-electron chi connectivity index (χ0n) is 8.57. The van der Waals surface area contributed by atoms with Crippen molar-refractivity contribution in [1.29, 1.82) is 5.26 Å². The second kappa shape index (κ2) is 4.66. The molecular formula is C12H15NO. The minimum absolute atomic E-state index is 0.0596. The Morgan fingerprint density at radius 2 is 1.86 bits per heavy atom. The van der Waals surface area contributed by atoms with Crippen molar-refractivity contribution in [3.63, 3.8) is 0 Å². The molecule has 0 heterocycles. The molecule has 1 aromatic carbocycles. The molecule has 0 amide bonds. The van der Waals surface area contributed by atoms with Gasteiger partial charge in [0.2, 0.25) is 0 Å². The molecule has 0 aliphatic heterocycles. The molecule has 0 bridgehead atoms. The van der Waals surface area contributed by atoms with E-state index in [1.807, 2.05) is 12.1 Å². The van der Waals surface area contributed by atoms with Crippen LogP contribution in [-0.2, 0) is 0 Å². The highest BCUT2D eigenvalue weighted by molar-refractivity contribution is 5.31. The molecule has 1 rings (SSSR count). The highest BCUT2D eigenvalue weighted by atomic mass is 16.3. The van der Waals surface area contributed by atoms with Crippen molar-refractivity contribution in [2.24, 2.45) is 5.92 Å². The van der Waals surface area contributed by atoms with Crippen LogP contribution in [0, 0.1) is 17.2 Å². The third-order valence-corrected chi connectivity index (χ3v) is 2.16. The van der Waals surface area contributed by atoms with Gasteiger partial charge >= 0.3 is 0 Å². The van der Waals surface area contributed by atoms with E-state index in [0.29, 0.717) is 5.92 Å². The summed E-state index contributed by atoms with van der Waals surface area (Å²) in [7, 11) is 0. The van der Waals surface area contributed by atoms with E-state index in [9.17, 15) is 0 Å². The molecule has 1 aromatic rings. The van der Waals surface area contributed by atoms with Gasteiger partial charge in [0.15, 0.2) is 0 Å². The van der Waals surface area contributed by atoms with Gasteiger partial charge in [0.1, 0.15) is 5.75 Å². The SMILES string of the molecule is CC(C)CC(C#N)c1ccc(O)cc1. The van der Waals surface area contributed by atoms with E-state index in [1.54, 1.807) is 12.1 Å². The largest absolute Gasteiger partial charge is 0.508 e. The summed E-state index contributed by atoms with van der Waals surface area (Å²) in [5, 5.41) is 18.1. The molecule has 2 nitrogen and oxygen atoms in total. The van der Waals surface area contributed by atoms with Crippen molar-refractivity contribution in [2.45, 2.75) is 26.2 Å². The molecule has 1 N–H and O–H groups in total. The van der Waals surface area contributed by atoms with Gasteiger partial charge in [-0.3, -0.25) is 0 Å². The first-order valence-electron chi connectivity index (χ1n) is 4.82. The number of aromatic hydroxyl groups is 1. The predicted molar refractivity (Wildman–Crippen MR) is 55.9 cm³/mol. The molecule has 0 saturated heterocycles. The van der Waals surface area contributed by atoms with Gasteiger partial charge < -0.3 is 5.11 Å². The van der Waals surface area contributed by atoms with Gasteiger partial charge in [0.25, 0.3) is 0 Å². The quantitative estimate of drug-likeness (QED) is 0.794. The van der Waals surface area contributed by atoms with Gasteiger partial charge in [-0.1, -0.05) is 26.0 Å². The number of hydrogen-bond donors (Lipinski definition) is 1. The number of rotatable bonds is 3. The molecule has 0 spiro atoms. The van der Waals surface area contributed by atoms with Crippen molar-refractivity contribution in [3.05, 3.63) is 29.8 Å². The van der Waals surface area contributed by atoms with E-state index >= 15 is 0 Å². The summed E-state index contributed by atoms with van der Waals surface area (Å²) >= 11 is 0. The van der Waals surface area contributed by atoms with E-state index in [1.165, 1.54) is 0 Å². The lowest BCUT2D eigenvalue weighted by Crippen LogP contribution is -2.00. The van der Waals surface area contributed by atoms with Crippen LogP contribution in [0.1, 0.15) is 31.7 Å². The monoisotopic (exact) mass is 189 g/mol. The van der Waals surface area contributed by atoms with E-state index in [4.69, 9.17) is 10.4 Å². The summed E-state index contributed by atoms with van der Waals surface area (Å²) in [6, 6.07) is 9.16. The number of nitriles is 1. The molecule has 0 fully saturated rings. The average Bonchev–Trinajstić information content (AvgIpc) is 2.15. The maximum absolute atomic E-state index is 9.11. The van der Waals surface area contributed by atoms with Crippen LogP contribution in [0.3, 0.4) is 0 Å². The topological polar surface area (TPSA) is 44.0 Å². The molecular weight excluding hydrogens is 174 g/mol. The van der Waals surface area contributed by atoms with Crippen molar-refractivity contribution in [2.75, 3.05) is 0 Å². The van der Waals surface area contributed by atoms with Gasteiger partial charge in [-0.05, 0) is 30.0 Å². The summed E-state index contributed by atoms with van der Waals surface area (Å²) < 4.78 is 0. The Kier molecular flexibility index (Phi) is 3.53. The second-order valence-electron chi connectivity index (χ2n) is 3.90. The van der Waals surface area contributed by atoms with Gasteiger partial charge in [-0.25, -0.2) is 0 Å². The van der Waals surface area contributed by atoms with E-state index in [-0.39, 0.29) is 11.7 Å². The maximum Gasteiger partial charge on any atom is 0.115 e. The average molecular weight is 189 g/mol. The highest BCUT2D eigenvalue weighted by Crippen LogP contribution is 2.24. The standard InChI is InChI=1S/C12H15NO/c1-9(2)7-11(8-13)10-3-5-12(14)6-4-10/h3-6,9,11,14H,7H2,1-2H3. The smallest absolute Gasteiger partial charge is 0.115 e. The fourth-order valence-electron chi connectivity index (χ4n) is 1.44. The first-order valence-corrected chi connectivity index (χ1v) is 4.82. The maximum atomic E-state index is 9.11. The lowest BCUT2D eigenvalue weighted by atomic mass is 9.91. The molecule has 14 heavy (non-hydrogen) atoms. The minimum Gasteiger partial charge on any atom is -0.508 e. The summed E-state index contributed by atoms with van der Waals surface area (Å²) in [5.74, 6) is 0.694.